The molecule has 9 aromatic carbocycles. The van der Waals surface area contributed by atoms with E-state index >= 15 is 0 Å². The molecule has 7 heteroatoms. The first-order valence-electron chi connectivity index (χ1n) is 23.1. The molecule has 0 atom stereocenters. The van der Waals surface area contributed by atoms with Gasteiger partial charge in [0, 0.05) is 49.0 Å². The van der Waals surface area contributed by atoms with Crippen LogP contribution in [0.1, 0.15) is 0 Å². The maximum atomic E-state index is 6.17. The van der Waals surface area contributed by atoms with Gasteiger partial charge >= 0.3 is 0 Å². The number of furan rings is 1. The van der Waals surface area contributed by atoms with Crippen LogP contribution in [0, 0.1) is 0 Å². The lowest BCUT2D eigenvalue weighted by Crippen LogP contribution is -2.06. The summed E-state index contributed by atoms with van der Waals surface area (Å²) in [5.74, 6) is 2.55. The molecular formula is C62H38N6O. The summed E-state index contributed by atoms with van der Waals surface area (Å²) < 4.78 is 10.7. The molecule has 0 bridgehead atoms. The molecule has 0 unspecified atom stereocenters. The van der Waals surface area contributed by atoms with Gasteiger partial charge in [-0.25, -0.2) is 9.97 Å². The van der Waals surface area contributed by atoms with Gasteiger partial charge in [0.2, 0.25) is 5.95 Å². The topological polar surface area (TPSA) is 74.6 Å². The van der Waals surface area contributed by atoms with Crippen LogP contribution in [0.3, 0.4) is 0 Å². The Labute approximate surface area is 395 Å². The first-order valence-corrected chi connectivity index (χ1v) is 23.1. The van der Waals surface area contributed by atoms with E-state index in [1.165, 1.54) is 0 Å². The zero-order valence-electron chi connectivity index (χ0n) is 37.0. The van der Waals surface area contributed by atoms with E-state index in [9.17, 15) is 0 Å². The van der Waals surface area contributed by atoms with E-state index in [1.54, 1.807) is 0 Å². The van der Waals surface area contributed by atoms with Gasteiger partial charge in [0.05, 0.1) is 27.8 Å². The Morgan fingerprint density at radius 3 is 1.45 bits per heavy atom. The maximum Gasteiger partial charge on any atom is 0.238 e. The molecule has 0 spiro atoms. The van der Waals surface area contributed by atoms with E-state index in [1.807, 2.05) is 30.3 Å². The monoisotopic (exact) mass is 882 g/mol. The molecule has 0 N–H and O–H groups in total. The van der Waals surface area contributed by atoms with Crippen molar-refractivity contribution in [3.8, 4) is 68.1 Å². The van der Waals surface area contributed by atoms with Crippen molar-refractivity contribution in [2.45, 2.75) is 0 Å². The lowest BCUT2D eigenvalue weighted by Gasteiger charge is -2.12. The van der Waals surface area contributed by atoms with Gasteiger partial charge < -0.3 is 4.42 Å². The van der Waals surface area contributed by atoms with Crippen molar-refractivity contribution in [3.05, 3.63) is 231 Å². The van der Waals surface area contributed by atoms with Crippen LogP contribution >= 0.6 is 0 Å². The summed E-state index contributed by atoms with van der Waals surface area (Å²) in [5, 5.41) is 6.65. The van der Waals surface area contributed by atoms with Crippen molar-refractivity contribution in [2.24, 2.45) is 0 Å². The second kappa shape index (κ2) is 15.6. The molecule has 14 rings (SSSR count). The minimum Gasteiger partial charge on any atom is -0.456 e. The van der Waals surface area contributed by atoms with Gasteiger partial charge in [-0.15, -0.1) is 0 Å². The number of pyridine rings is 1. The van der Waals surface area contributed by atoms with Gasteiger partial charge in [-0.2, -0.15) is 9.97 Å². The Bertz CT molecular complexity index is 4220. The third-order valence-electron chi connectivity index (χ3n) is 13.4. The minimum atomic E-state index is 0.538. The average molecular weight is 883 g/mol. The van der Waals surface area contributed by atoms with Gasteiger partial charge in [0.15, 0.2) is 11.6 Å². The number of aromatic nitrogens is 6. The molecule has 322 valence electrons. The Morgan fingerprint density at radius 1 is 0.290 bits per heavy atom. The van der Waals surface area contributed by atoms with Crippen LogP contribution in [-0.4, -0.2) is 29.1 Å². The standard InChI is InChI=1S/C62H38N6O/c1-3-16-39(17-4-1)41-20-13-22-44(36-41)60-64-61(45-23-14-21-42(37-45)40-18-5-2-6-19-40)66-62(65-60)68-52-29-11-8-26-48(52)59-54(68)34-33-53-58(59)47-25-7-10-28-51(47)67(53)57-31-15-27-50(63-57)43-32-35-56-49(38-43)46-24-9-12-30-55(46)69-56/h1-38H. The molecule has 0 saturated carbocycles. The Balaban J connectivity index is 0.983. The molecule has 7 nitrogen and oxygen atoms in total. The van der Waals surface area contributed by atoms with E-state index in [0.29, 0.717) is 17.6 Å². The summed E-state index contributed by atoms with van der Waals surface area (Å²) in [6.07, 6.45) is 0. The summed E-state index contributed by atoms with van der Waals surface area (Å²) in [4.78, 5) is 21.4. The Morgan fingerprint density at radius 2 is 0.797 bits per heavy atom. The first kappa shape index (κ1) is 38.8. The molecule has 14 aromatic rings. The van der Waals surface area contributed by atoms with Gasteiger partial charge in [0.25, 0.3) is 0 Å². The lowest BCUT2D eigenvalue weighted by atomic mass is 10.0. The molecule has 0 aliphatic heterocycles. The summed E-state index contributed by atoms with van der Waals surface area (Å²) >= 11 is 0. The molecule has 0 amide bonds. The van der Waals surface area contributed by atoms with Crippen molar-refractivity contribution in [2.75, 3.05) is 0 Å². The van der Waals surface area contributed by atoms with E-state index in [4.69, 9.17) is 24.4 Å². The number of fused-ring (bicyclic) bond motifs is 10. The molecular weight excluding hydrogens is 845 g/mol. The van der Waals surface area contributed by atoms with Crippen molar-refractivity contribution >= 4 is 65.6 Å². The fourth-order valence-electron chi connectivity index (χ4n) is 10.2. The summed E-state index contributed by atoms with van der Waals surface area (Å²) in [5.41, 5.74) is 14.0. The fraction of sp³-hybridized carbons (Fsp3) is 0. The first-order chi connectivity index (χ1) is 34.2. The molecule has 0 aliphatic carbocycles. The number of hydrogen-bond donors (Lipinski definition) is 0. The number of nitrogens with zero attached hydrogens (tertiary/aromatic N) is 6. The van der Waals surface area contributed by atoms with Crippen LogP contribution < -0.4 is 0 Å². The number of para-hydroxylation sites is 3. The Hall–Kier alpha value is -9.46. The summed E-state index contributed by atoms with van der Waals surface area (Å²) in [6.45, 7) is 0. The molecule has 0 aliphatic rings. The quantitative estimate of drug-likeness (QED) is 0.159. The van der Waals surface area contributed by atoms with Crippen LogP contribution in [0.15, 0.2) is 235 Å². The highest BCUT2D eigenvalue weighted by Crippen LogP contribution is 2.43. The predicted molar refractivity (Wildman–Crippen MR) is 281 cm³/mol. The van der Waals surface area contributed by atoms with E-state index in [2.05, 4.69) is 209 Å². The third-order valence-corrected chi connectivity index (χ3v) is 13.4. The summed E-state index contributed by atoms with van der Waals surface area (Å²) in [6, 6.07) is 80.2. The summed E-state index contributed by atoms with van der Waals surface area (Å²) in [7, 11) is 0. The molecule has 69 heavy (non-hydrogen) atoms. The maximum absolute atomic E-state index is 6.17. The number of benzene rings is 9. The van der Waals surface area contributed by atoms with Gasteiger partial charge in [-0.3, -0.25) is 9.13 Å². The molecule has 5 aromatic heterocycles. The molecule has 5 heterocycles. The third kappa shape index (κ3) is 6.36. The van der Waals surface area contributed by atoms with Crippen molar-refractivity contribution in [3.63, 3.8) is 0 Å². The van der Waals surface area contributed by atoms with E-state index in [0.717, 1.165) is 116 Å². The zero-order chi connectivity index (χ0) is 45.4. The second-order valence-electron chi connectivity index (χ2n) is 17.4. The SMILES string of the molecule is c1ccc(-c2cccc(-c3nc(-c4cccc(-c5ccccc5)c4)nc(-n4c5ccccc5c5c6c7ccccc7n(-c7cccc(-c8ccc9oc%10ccccc%10c9c8)n7)c6ccc54)n3)c2)cc1. The highest BCUT2D eigenvalue weighted by molar-refractivity contribution is 6.28. The molecule has 0 radical (unpaired) electrons. The van der Waals surface area contributed by atoms with Crippen LogP contribution in [-0.2, 0) is 0 Å². The molecule has 0 saturated heterocycles. The predicted octanol–water partition coefficient (Wildman–Crippen LogP) is 15.7. The Kier molecular flexibility index (Phi) is 8.75. The van der Waals surface area contributed by atoms with Crippen LogP contribution in [0.5, 0.6) is 0 Å². The molecule has 0 fully saturated rings. The zero-order valence-corrected chi connectivity index (χ0v) is 37.0. The van der Waals surface area contributed by atoms with Crippen LogP contribution in [0.4, 0.5) is 0 Å². The average Bonchev–Trinajstić information content (AvgIpc) is 4.09. The fourth-order valence-corrected chi connectivity index (χ4v) is 10.2. The number of hydrogen-bond acceptors (Lipinski definition) is 5. The minimum absolute atomic E-state index is 0.538. The van der Waals surface area contributed by atoms with Crippen LogP contribution in [0.2, 0.25) is 0 Å². The number of rotatable bonds is 7. The van der Waals surface area contributed by atoms with Crippen molar-refractivity contribution < 1.29 is 4.42 Å². The van der Waals surface area contributed by atoms with Crippen LogP contribution in [0.25, 0.3) is 134 Å². The largest absolute Gasteiger partial charge is 0.456 e. The van der Waals surface area contributed by atoms with E-state index in [-0.39, 0.29) is 0 Å². The van der Waals surface area contributed by atoms with Crippen molar-refractivity contribution in [1.82, 2.24) is 29.1 Å². The van der Waals surface area contributed by atoms with E-state index < -0.39 is 0 Å². The highest BCUT2D eigenvalue weighted by Gasteiger charge is 2.23. The van der Waals surface area contributed by atoms with Gasteiger partial charge in [0.1, 0.15) is 17.0 Å². The highest BCUT2D eigenvalue weighted by atomic mass is 16.3. The van der Waals surface area contributed by atoms with Crippen molar-refractivity contribution in [1.29, 1.82) is 0 Å². The van der Waals surface area contributed by atoms with Gasteiger partial charge in [-0.1, -0.05) is 158 Å². The lowest BCUT2D eigenvalue weighted by molar-refractivity contribution is 0.669. The second-order valence-corrected chi connectivity index (χ2v) is 17.4. The normalized spacial score (nSPS) is 11.8. The van der Waals surface area contributed by atoms with Gasteiger partial charge in [-0.05, 0) is 95.1 Å². The smallest absolute Gasteiger partial charge is 0.238 e.